The van der Waals surface area contributed by atoms with Gasteiger partial charge >= 0.3 is 0 Å². The van der Waals surface area contributed by atoms with Gasteiger partial charge in [-0.1, -0.05) is 13.8 Å². The molecule has 3 N–H and O–H groups in total. The second-order valence-electron chi connectivity index (χ2n) is 6.99. The molecule has 0 saturated heterocycles. The van der Waals surface area contributed by atoms with E-state index >= 15 is 0 Å². The first-order chi connectivity index (χ1) is 12.8. The number of rotatable bonds is 9. The maximum absolute atomic E-state index is 12.7. The Morgan fingerprint density at radius 3 is 2.43 bits per heavy atom. The summed E-state index contributed by atoms with van der Waals surface area (Å²) in [4.78, 5) is 14.1. The van der Waals surface area contributed by atoms with Crippen molar-refractivity contribution in [2.75, 3.05) is 26.9 Å². The van der Waals surface area contributed by atoms with Gasteiger partial charge in [0, 0.05) is 13.7 Å². The quantitative estimate of drug-likeness (QED) is 0.612. The van der Waals surface area contributed by atoms with E-state index in [1.807, 2.05) is 45.0 Å². The van der Waals surface area contributed by atoms with Gasteiger partial charge in [0.25, 0.3) is 5.91 Å². The van der Waals surface area contributed by atoms with Gasteiger partial charge in [0.15, 0.2) is 5.69 Å². The number of carbonyl (C=O) groups excluding carboxylic acids is 1. The van der Waals surface area contributed by atoms with Crippen molar-refractivity contribution in [3.05, 3.63) is 35.7 Å². The third-order valence-corrected chi connectivity index (χ3v) is 4.72. The standard InChI is InChI=1S/C19H29N5O3.ClH/c1-13(2)19(4,12-20)21-18(25)17-14(3)22-24(23-17)15-6-8-16(9-7-15)27-11-10-26-5;/h6-9,13H,10-12,20H2,1-5H3,(H,21,25);1H. The molecule has 156 valence electrons. The van der Waals surface area contributed by atoms with Crippen LogP contribution in [-0.2, 0) is 4.74 Å². The number of aryl methyl sites for hydroxylation is 1. The van der Waals surface area contributed by atoms with E-state index in [2.05, 4.69) is 15.5 Å². The van der Waals surface area contributed by atoms with Gasteiger partial charge in [0.2, 0.25) is 0 Å². The molecule has 1 amide bonds. The molecular weight excluding hydrogens is 382 g/mol. The second kappa shape index (κ2) is 10.4. The molecule has 0 aliphatic carbocycles. The smallest absolute Gasteiger partial charge is 0.274 e. The predicted octanol–water partition coefficient (Wildman–Crippen LogP) is 2.13. The third-order valence-electron chi connectivity index (χ3n) is 4.72. The number of ether oxygens (including phenoxy) is 2. The fourth-order valence-corrected chi connectivity index (χ4v) is 2.37. The van der Waals surface area contributed by atoms with E-state index < -0.39 is 5.54 Å². The number of amides is 1. The maximum Gasteiger partial charge on any atom is 0.274 e. The largest absolute Gasteiger partial charge is 0.491 e. The maximum atomic E-state index is 12.7. The zero-order valence-corrected chi connectivity index (χ0v) is 17.9. The monoisotopic (exact) mass is 411 g/mol. The van der Waals surface area contributed by atoms with Crippen LogP contribution in [-0.4, -0.2) is 53.3 Å². The molecule has 8 nitrogen and oxygen atoms in total. The van der Waals surface area contributed by atoms with Crippen molar-refractivity contribution in [1.82, 2.24) is 20.3 Å². The average molecular weight is 412 g/mol. The van der Waals surface area contributed by atoms with E-state index in [1.165, 1.54) is 4.80 Å². The Labute approximate surface area is 172 Å². The van der Waals surface area contributed by atoms with Crippen molar-refractivity contribution in [2.45, 2.75) is 33.2 Å². The fourth-order valence-electron chi connectivity index (χ4n) is 2.37. The van der Waals surface area contributed by atoms with Crippen LogP contribution < -0.4 is 15.8 Å². The molecule has 1 aromatic carbocycles. The predicted molar refractivity (Wildman–Crippen MR) is 110 cm³/mol. The molecule has 0 saturated carbocycles. The van der Waals surface area contributed by atoms with E-state index in [-0.39, 0.29) is 29.9 Å². The van der Waals surface area contributed by atoms with Crippen LogP contribution in [0, 0.1) is 12.8 Å². The number of halogens is 1. The topological polar surface area (TPSA) is 104 Å². The molecule has 0 aliphatic rings. The number of hydrogen-bond donors (Lipinski definition) is 2. The zero-order chi connectivity index (χ0) is 20.0. The van der Waals surface area contributed by atoms with Gasteiger partial charge < -0.3 is 20.5 Å². The Hall–Kier alpha value is -2.16. The van der Waals surface area contributed by atoms with Crippen molar-refractivity contribution < 1.29 is 14.3 Å². The number of nitrogens with zero attached hydrogens (tertiary/aromatic N) is 3. The van der Waals surface area contributed by atoms with Crippen molar-refractivity contribution in [2.24, 2.45) is 11.7 Å². The molecule has 1 aromatic heterocycles. The number of carbonyl (C=O) groups is 1. The Balaban J connectivity index is 0.00000392. The van der Waals surface area contributed by atoms with Gasteiger partial charge in [0.05, 0.1) is 23.5 Å². The van der Waals surface area contributed by atoms with Crippen LogP contribution in [0.25, 0.3) is 5.69 Å². The second-order valence-corrected chi connectivity index (χ2v) is 6.99. The lowest BCUT2D eigenvalue weighted by atomic mass is 9.88. The lowest BCUT2D eigenvalue weighted by molar-refractivity contribution is 0.0877. The SMILES string of the molecule is COCCOc1ccc(-n2nc(C)c(C(=O)NC(C)(CN)C(C)C)n2)cc1.Cl. The normalized spacial score (nSPS) is 13.0. The summed E-state index contributed by atoms with van der Waals surface area (Å²) in [5.74, 6) is 0.640. The van der Waals surface area contributed by atoms with Gasteiger partial charge in [-0.05, 0) is 44.0 Å². The summed E-state index contributed by atoms with van der Waals surface area (Å²) in [5, 5.41) is 11.7. The zero-order valence-electron chi connectivity index (χ0n) is 17.1. The van der Waals surface area contributed by atoms with Crippen LogP contribution in [0.15, 0.2) is 24.3 Å². The molecule has 1 atom stereocenters. The number of methoxy groups -OCH3 is 1. The van der Waals surface area contributed by atoms with Crippen LogP contribution in [0.2, 0.25) is 0 Å². The van der Waals surface area contributed by atoms with Crippen molar-refractivity contribution >= 4 is 18.3 Å². The number of benzene rings is 1. The first-order valence-electron chi connectivity index (χ1n) is 8.99. The first kappa shape index (κ1) is 23.9. The van der Waals surface area contributed by atoms with Crippen molar-refractivity contribution in [3.8, 4) is 11.4 Å². The molecule has 0 spiro atoms. The molecule has 0 bridgehead atoms. The van der Waals surface area contributed by atoms with Gasteiger partial charge in [-0.2, -0.15) is 9.90 Å². The van der Waals surface area contributed by atoms with Gasteiger partial charge in [-0.3, -0.25) is 4.79 Å². The summed E-state index contributed by atoms with van der Waals surface area (Å²) in [5.41, 5.74) is 6.92. The van der Waals surface area contributed by atoms with E-state index in [0.29, 0.717) is 25.5 Å². The van der Waals surface area contributed by atoms with E-state index in [9.17, 15) is 4.79 Å². The molecule has 28 heavy (non-hydrogen) atoms. The van der Waals surface area contributed by atoms with Crippen LogP contribution in [0.4, 0.5) is 0 Å². The van der Waals surface area contributed by atoms with Crippen molar-refractivity contribution in [3.63, 3.8) is 0 Å². The minimum atomic E-state index is -0.505. The Morgan fingerprint density at radius 2 is 1.89 bits per heavy atom. The number of hydrogen-bond acceptors (Lipinski definition) is 6. The highest BCUT2D eigenvalue weighted by Crippen LogP contribution is 2.18. The van der Waals surface area contributed by atoms with Crippen LogP contribution in [0.3, 0.4) is 0 Å². The molecule has 0 aliphatic heterocycles. The molecule has 0 radical (unpaired) electrons. The van der Waals surface area contributed by atoms with Crippen LogP contribution >= 0.6 is 12.4 Å². The minimum Gasteiger partial charge on any atom is -0.491 e. The lowest BCUT2D eigenvalue weighted by Crippen LogP contribution is -2.55. The van der Waals surface area contributed by atoms with Crippen LogP contribution in [0.1, 0.15) is 37.0 Å². The Kier molecular flexibility index (Phi) is 8.87. The average Bonchev–Trinajstić information content (AvgIpc) is 3.04. The van der Waals surface area contributed by atoms with Gasteiger partial charge in [0.1, 0.15) is 12.4 Å². The highest BCUT2D eigenvalue weighted by molar-refractivity contribution is 5.93. The summed E-state index contributed by atoms with van der Waals surface area (Å²) >= 11 is 0. The molecule has 2 aromatic rings. The third kappa shape index (κ3) is 5.67. The number of nitrogens with two attached hydrogens (primary N) is 1. The molecule has 1 heterocycles. The van der Waals surface area contributed by atoms with Crippen molar-refractivity contribution in [1.29, 1.82) is 0 Å². The molecule has 9 heteroatoms. The summed E-state index contributed by atoms with van der Waals surface area (Å²) in [6.07, 6.45) is 0. The molecule has 0 fully saturated rings. The minimum absolute atomic E-state index is 0. The van der Waals surface area contributed by atoms with E-state index in [1.54, 1.807) is 14.0 Å². The number of aromatic nitrogens is 3. The Bertz CT molecular complexity index is 763. The van der Waals surface area contributed by atoms with E-state index in [0.717, 1.165) is 11.4 Å². The Morgan fingerprint density at radius 1 is 1.25 bits per heavy atom. The van der Waals surface area contributed by atoms with Gasteiger partial charge in [-0.25, -0.2) is 0 Å². The summed E-state index contributed by atoms with van der Waals surface area (Å²) < 4.78 is 10.5. The summed E-state index contributed by atoms with van der Waals surface area (Å²) in [6.45, 7) is 9.08. The van der Waals surface area contributed by atoms with E-state index in [4.69, 9.17) is 15.2 Å². The molecule has 2 rings (SSSR count). The fraction of sp³-hybridized carbons (Fsp3) is 0.526. The highest BCUT2D eigenvalue weighted by atomic mass is 35.5. The number of nitrogens with one attached hydrogen (secondary N) is 1. The molecule has 1 unspecified atom stereocenters. The summed E-state index contributed by atoms with van der Waals surface area (Å²) in [7, 11) is 1.63. The van der Waals surface area contributed by atoms with Gasteiger partial charge in [-0.15, -0.1) is 17.5 Å². The summed E-state index contributed by atoms with van der Waals surface area (Å²) in [6, 6.07) is 7.32. The van der Waals surface area contributed by atoms with Crippen LogP contribution in [0.5, 0.6) is 5.75 Å². The highest BCUT2D eigenvalue weighted by Gasteiger charge is 2.30. The first-order valence-corrected chi connectivity index (χ1v) is 8.99. The lowest BCUT2D eigenvalue weighted by Gasteiger charge is -2.33. The molecular formula is C19H30ClN5O3.